The van der Waals surface area contributed by atoms with E-state index < -0.39 is 0 Å². The van der Waals surface area contributed by atoms with Crippen LogP contribution in [0.4, 0.5) is 0 Å². The van der Waals surface area contributed by atoms with E-state index in [1.165, 1.54) is 77.0 Å². The molecule has 103 valence electrons. The van der Waals surface area contributed by atoms with Gasteiger partial charge in [-0.1, -0.05) is 104 Å². The van der Waals surface area contributed by atoms with Gasteiger partial charge in [0.25, 0.3) is 0 Å². The van der Waals surface area contributed by atoms with Gasteiger partial charge in [0.2, 0.25) is 0 Å². The van der Waals surface area contributed by atoms with Crippen molar-refractivity contribution >= 4 is 0 Å². The maximum Gasteiger partial charge on any atom is -0.0445 e. The van der Waals surface area contributed by atoms with Crippen LogP contribution in [-0.4, -0.2) is 0 Å². The van der Waals surface area contributed by atoms with Crippen molar-refractivity contribution in [3.8, 4) is 0 Å². The van der Waals surface area contributed by atoms with Gasteiger partial charge < -0.3 is 0 Å². The Morgan fingerprint density at radius 2 is 1.12 bits per heavy atom. The Morgan fingerprint density at radius 3 is 1.53 bits per heavy atom. The topological polar surface area (TPSA) is 0 Å². The van der Waals surface area contributed by atoms with Crippen LogP contribution in [-0.2, 0) is 0 Å². The standard InChI is InChI=1S/C17H35/c1-4-6-7-8-9-10-11-12-13-14-15-16-17(3)5-2/h17H,1,4-16H2,2-3H3. The van der Waals surface area contributed by atoms with Gasteiger partial charge >= 0.3 is 0 Å². The minimum absolute atomic E-state index is 0.947. The molecule has 0 heteroatoms. The molecule has 0 N–H and O–H groups in total. The van der Waals surface area contributed by atoms with Gasteiger partial charge in [0.05, 0.1) is 0 Å². The maximum atomic E-state index is 3.88. The number of unbranched alkanes of at least 4 members (excludes halogenated alkanes) is 10. The largest absolute Gasteiger partial charge is 0.0651 e. The highest BCUT2D eigenvalue weighted by Gasteiger charge is 1.98. The van der Waals surface area contributed by atoms with Crippen LogP contribution in [0, 0.1) is 12.8 Å². The average molecular weight is 239 g/mol. The minimum atomic E-state index is 0.947. The fraction of sp³-hybridized carbons (Fsp3) is 0.941. The summed E-state index contributed by atoms with van der Waals surface area (Å²) in [6.45, 7) is 8.57. The second-order valence-electron chi connectivity index (χ2n) is 5.69. The van der Waals surface area contributed by atoms with Crippen molar-refractivity contribution in [1.29, 1.82) is 0 Å². The maximum absolute atomic E-state index is 3.88. The molecule has 0 saturated heterocycles. The monoisotopic (exact) mass is 239 g/mol. The lowest BCUT2D eigenvalue weighted by molar-refractivity contribution is 0.469. The molecule has 0 saturated carbocycles. The van der Waals surface area contributed by atoms with Crippen molar-refractivity contribution in [2.75, 3.05) is 0 Å². The van der Waals surface area contributed by atoms with Crippen LogP contribution in [0.2, 0.25) is 0 Å². The van der Waals surface area contributed by atoms with Crippen LogP contribution in [0.1, 0.15) is 97.3 Å². The molecule has 0 aliphatic rings. The van der Waals surface area contributed by atoms with E-state index in [-0.39, 0.29) is 0 Å². The normalized spacial score (nSPS) is 12.9. The fourth-order valence-electron chi connectivity index (χ4n) is 2.29. The third-order valence-corrected chi connectivity index (χ3v) is 3.89. The van der Waals surface area contributed by atoms with E-state index in [4.69, 9.17) is 0 Å². The first-order chi connectivity index (χ1) is 8.31. The Kier molecular flexibility index (Phi) is 14.1. The first-order valence-corrected chi connectivity index (χ1v) is 8.10. The van der Waals surface area contributed by atoms with Crippen molar-refractivity contribution in [2.24, 2.45) is 5.92 Å². The molecule has 0 aliphatic carbocycles. The van der Waals surface area contributed by atoms with Crippen LogP contribution in [0.3, 0.4) is 0 Å². The second kappa shape index (κ2) is 14.1. The van der Waals surface area contributed by atoms with Gasteiger partial charge in [-0.25, -0.2) is 0 Å². The molecule has 17 heavy (non-hydrogen) atoms. The molecule has 0 fully saturated rings. The third-order valence-electron chi connectivity index (χ3n) is 3.89. The van der Waals surface area contributed by atoms with Gasteiger partial charge in [0, 0.05) is 0 Å². The Hall–Kier alpha value is 0. The SMILES string of the molecule is [CH2]CCCCCCCCCCCCC(C)CC. The lowest BCUT2D eigenvalue weighted by Gasteiger charge is -2.07. The van der Waals surface area contributed by atoms with Crippen LogP contribution >= 0.6 is 0 Å². The number of hydrogen-bond acceptors (Lipinski definition) is 0. The lowest BCUT2D eigenvalue weighted by Crippen LogP contribution is -1.91. The molecule has 0 aromatic rings. The highest BCUT2D eigenvalue weighted by molar-refractivity contribution is 4.52. The van der Waals surface area contributed by atoms with Crippen LogP contribution < -0.4 is 0 Å². The van der Waals surface area contributed by atoms with Gasteiger partial charge in [-0.3, -0.25) is 0 Å². The molecule has 1 atom stereocenters. The summed E-state index contributed by atoms with van der Waals surface area (Å²) < 4.78 is 0. The van der Waals surface area contributed by atoms with E-state index in [1.807, 2.05) is 0 Å². The Balaban J connectivity index is 2.94. The van der Waals surface area contributed by atoms with Gasteiger partial charge in [-0.15, -0.1) is 0 Å². The Morgan fingerprint density at radius 1 is 0.706 bits per heavy atom. The van der Waals surface area contributed by atoms with Crippen LogP contribution in [0.25, 0.3) is 0 Å². The highest BCUT2D eigenvalue weighted by Crippen LogP contribution is 2.15. The molecule has 0 amide bonds. The second-order valence-corrected chi connectivity index (χ2v) is 5.69. The summed E-state index contributed by atoms with van der Waals surface area (Å²) >= 11 is 0. The van der Waals surface area contributed by atoms with E-state index in [1.54, 1.807) is 0 Å². The number of rotatable bonds is 13. The predicted molar refractivity (Wildman–Crippen MR) is 80.2 cm³/mol. The predicted octanol–water partition coefficient (Wildman–Crippen LogP) is 6.55. The first kappa shape index (κ1) is 17.0. The smallest absolute Gasteiger partial charge is 0.0445 e. The lowest BCUT2D eigenvalue weighted by atomic mass is 9.99. The molecule has 0 nitrogen and oxygen atoms in total. The molecular formula is C17H35. The molecule has 0 rings (SSSR count). The third kappa shape index (κ3) is 13.9. The summed E-state index contributed by atoms with van der Waals surface area (Å²) in [5.41, 5.74) is 0. The summed E-state index contributed by atoms with van der Waals surface area (Å²) in [5, 5.41) is 0. The van der Waals surface area contributed by atoms with Crippen molar-refractivity contribution in [1.82, 2.24) is 0 Å². The Bertz CT molecular complexity index is 128. The zero-order valence-electron chi connectivity index (χ0n) is 12.5. The summed E-state index contributed by atoms with van der Waals surface area (Å²) in [5.74, 6) is 0.947. The molecule has 0 spiro atoms. The van der Waals surface area contributed by atoms with Gasteiger partial charge in [-0.05, 0) is 5.92 Å². The van der Waals surface area contributed by atoms with Crippen molar-refractivity contribution in [2.45, 2.75) is 97.3 Å². The highest BCUT2D eigenvalue weighted by atomic mass is 14.0. The molecule has 0 aromatic carbocycles. The summed E-state index contributed by atoms with van der Waals surface area (Å²) in [4.78, 5) is 0. The zero-order chi connectivity index (χ0) is 12.8. The molecule has 0 bridgehead atoms. The first-order valence-electron chi connectivity index (χ1n) is 8.10. The summed E-state index contributed by atoms with van der Waals surface area (Å²) in [7, 11) is 0. The van der Waals surface area contributed by atoms with Gasteiger partial charge in [0.1, 0.15) is 0 Å². The summed E-state index contributed by atoms with van der Waals surface area (Å²) in [6.07, 6.45) is 18.3. The van der Waals surface area contributed by atoms with Crippen LogP contribution in [0.5, 0.6) is 0 Å². The van der Waals surface area contributed by atoms with E-state index in [9.17, 15) is 0 Å². The van der Waals surface area contributed by atoms with Crippen LogP contribution in [0.15, 0.2) is 0 Å². The number of hydrogen-bond donors (Lipinski definition) is 0. The Labute approximate surface area is 111 Å². The molecule has 0 aliphatic heterocycles. The van der Waals surface area contributed by atoms with Crippen molar-refractivity contribution < 1.29 is 0 Å². The summed E-state index contributed by atoms with van der Waals surface area (Å²) in [6, 6.07) is 0. The zero-order valence-corrected chi connectivity index (χ0v) is 12.5. The minimum Gasteiger partial charge on any atom is -0.0651 e. The van der Waals surface area contributed by atoms with E-state index in [2.05, 4.69) is 20.8 Å². The molecule has 0 heterocycles. The van der Waals surface area contributed by atoms with Crippen molar-refractivity contribution in [3.63, 3.8) is 0 Å². The van der Waals surface area contributed by atoms with E-state index in [0.717, 1.165) is 12.3 Å². The molecule has 1 unspecified atom stereocenters. The molecular weight excluding hydrogens is 204 g/mol. The van der Waals surface area contributed by atoms with E-state index >= 15 is 0 Å². The van der Waals surface area contributed by atoms with Gasteiger partial charge in [-0.2, -0.15) is 0 Å². The molecule has 0 aromatic heterocycles. The quantitative estimate of drug-likeness (QED) is 0.320. The van der Waals surface area contributed by atoms with E-state index in [0.29, 0.717) is 0 Å². The van der Waals surface area contributed by atoms with Crippen molar-refractivity contribution in [3.05, 3.63) is 6.92 Å². The van der Waals surface area contributed by atoms with Gasteiger partial charge in [0.15, 0.2) is 0 Å². The average Bonchev–Trinajstić information content (AvgIpc) is 2.35. The molecule has 1 radical (unpaired) electrons. The fourth-order valence-corrected chi connectivity index (χ4v) is 2.29.